The van der Waals surface area contributed by atoms with Crippen molar-refractivity contribution in [1.29, 1.82) is 0 Å². The highest BCUT2D eigenvalue weighted by molar-refractivity contribution is 5.36. The molecule has 0 spiro atoms. The molecule has 1 N–H and O–H groups in total. The summed E-state index contributed by atoms with van der Waals surface area (Å²) in [5.41, 5.74) is 2.05. The van der Waals surface area contributed by atoms with Gasteiger partial charge in [0.25, 0.3) is 6.43 Å². The minimum Gasteiger partial charge on any atom is -0.487 e. The molecule has 18 heavy (non-hydrogen) atoms. The summed E-state index contributed by atoms with van der Waals surface area (Å²) < 4.78 is 29.1. The number of halogens is 2. The van der Waals surface area contributed by atoms with E-state index in [9.17, 15) is 8.78 Å². The van der Waals surface area contributed by atoms with Gasteiger partial charge in [0.2, 0.25) is 0 Å². The van der Waals surface area contributed by atoms with E-state index in [0.717, 1.165) is 17.7 Å². The standard InChI is InChI=1S/C14H21F2NO/c1-10-7-11(8-17-14(2,3)4)5-6-12(10)18-9-13(15)16/h5-7,13,17H,8-9H2,1-4H3. The monoisotopic (exact) mass is 257 g/mol. The molecule has 0 heterocycles. The Balaban J connectivity index is 2.62. The highest BCUT2D eigenvalue weighted by Crippen LogP contribution is 2.20. The zero-order valence-corrected chi connectivity index (χ0v) is 11.4. The molecule has 0 aliphatic rings. The van der Waals surface area contributed by atoms with Gasteiger partial charge in [0.05, 0.1) is 0 Å². The smallest absolute Gasteiger partial charge is 0.272 e. The second kappa shape index (κ2) is 6.14. The zero-order chi connectivity index (χ0) is 13.8. The minimum absolute atomic E-state index is 0.0543. The molecule has 0 unspecified atom stereocenters. The average Bonchev–Trinajstić information content (AvgIpc) is 2.24. The van der Waals surface area contributed by atoms with Crippen LogP contribution in [0.4, 0.5) is 8.78 Å². The first-order valence-electron chi connectivity index (χ1n) is 6.03. The molecule has 0 atom stereocenters. The Labute approximate surface area is 107 Å². The molecule has 0 saturated carbocycles. The summed E-state index contributed by atoms with van der Waals surface area (Å²) in [6, 6.07) is 5.60. The van der Waals surface area contributed by atoms with Crippen LogP contribution < -0.4 is 10.1 Å². The Bertz CT molecular complexity index is 386. The van der Waals surface area contributed by atoms with Gasteiger partial charge in [-0.2, -0.15) is 0 Å². The summed E-state index contributed by atoms with van der Waals surface area (Å²) in [4.78, 5) is 0. The van der Waals surface area contributed by atoms with E-state index in [-0.39, 0.29) is 5.54 Å². The van der Waals surface area contributed by atoms with Crippen LogP contribution in [0.15, 0.2) is 18.2 Å². The highest BCUT2D eigenvalue weighted by Gasteiger charge is 2.10. The molecule has 4 heteroatoms. The number of alkyl halides is 2. The lowest BCUT2D eigenvalue weighted by atomic mass is 10.1. The van der Waals surface area contributed by atoms with Crippen molar-refractivity contribution in [3.8, 4) is 5.75 Å². The molecule has 0 aromatic heterocycles. The summed E-state index contributed by atoms with van der Waals surface area (Å²) >= 11 is 0. The van der Waals surface area contributed by atoms with Crippen LogP contribution in [-0.4, -0.2) is 18.6 Å². The van der Waals surface area contributed by atoms with Crippen molar-refractivity contribution < 1.29 is 13.5 Å². The molecule has 1 rings (SSSR count). The third-order valence-corrected chi connectivity index (χ3v) is 2.43. The van der Waals surface area contributed by atoms with Crippen LogP contribution in [0, 0.1) is 6.92 Å². The number of nitrogens with one attached hydrogen (secondary N) is 1. The Hall–Kier alpha value is -1.16. The predicted molar refractivity (Wildman–Crippen MR) is 69.3 cm³/mol. The van der Waals surface area contributed by atoms with Gasteiger partial charge in [0.1, 0.15) is 12.4 Å². The fourth-order valence-corrected chi connectivity index (χ4v) is 1.50. The third kappa shape index (κ3) is 5.45. The van der Waals surface area contributed by atoms with E-state index < -0.39 is 13.0 Å². The van der Waals surface area contributed by atoms with E-state index in [4.69, 9.17) is 4.74 Å². The maximum Gasteiger partial charge on any atom is 0.272 e. The number of rotatable bonds is 5. The lowest BCUT2D eigenvalue weighted by Crippen LogP contribution is -2.35. The quantitative estimate of drug-likeness (QED) is 0.871. The maximum atomic E-state index is 12.0. The van der Waals surface area contributed by atoms with Crippen LogP contribution in [0.5, 0.6) is 5.75 Å². The van der Waals surface area contributed by atoms with Crippen molar-refractivity contribution in [2.24, 2.45) is 0 Å². The van der Waals surface area contributed by atoms with E-state index >= 15 is 0 Å². The van der Waals surface area contributed by atoms with Crippen LogP contribution in [-0.2, 0) is 6.54 Å². The summed E-state index contributed by atoms with van der Waals surface area (Å²) in [5.74, 6) is 0.523. The van der Waals surface area contributed by atoms with Crippen LogP contribution in [0.3, 0.4) is 0 Å². The fraction of sp³-hybridized carbons (Fsp3) is 0.571. The van der Waals surface area contributed by atoms with E-state index in [1.807, 2.05) is 19.1 Å². The number of aryl methyl sites for hydroxylation is 1. The van der Waals surface area contributed by atoms with Crippen LogP contribution in [0.25, 0.3) is 0 Å². The molecule has 1 aromatic rings. The van der Waals surface area contributed by atoms with Gasteiger partial charge in [0.15, 0.2) is 0 Å². The van der Waals surface area contributed by atoms with Gasteiger partial charge in [0, 0.05) is 12.1 Å². The molecular formula is C14H21F2NO. The van der Waals surface area contributed by atoms with E-state index in [2.05, 4.69) is 26.1 Å². The highest BCUT2D eigenvalue weighted by atomic mass is 19.3. The van der Waals surface area contributed by atoms with Gasteiger partial charge in [-0.25, -0.2) is 8.78 Å². The molecule has 0 aliphatic carbocycles. The molecule has 0 radical (unpaired) electrons. The molecule has 0 fully saturated rings. The van der Waals surface area contributed by atoms with Crippen molar-refractivity contribution in [2.45, 2.75) is 46.2 Å². The summed E-state index contributed by atoms with van der Waals surface area (Å²) in [6.45, 7) is 8.35. The Morgan fingerprint density at radius 2 is 1.94 bits per heavy atom. The van der Waals surface area contributed by atoms with Gasteiger partial charge in [-0.1, -0.05) is 12.1 Å². The van der Waals surface area contributed by atoms with E-state index in [1.165, 1.54) is 0 Å². The summed E-state index contributed by atoms with van der Waals surface area (Å²) in [7, 11) is 0. The van der Waals surface area contributed by atoms with Crippen molar-refractivity contribution in [3.63, 3.8) is 0 Å². The zero-order valence-electron chi connectivity index (χ0n) is 11.4. The second-order valence-electron chi connectivity index (χ2n) is 5.41. The number of hydrogen-bond donors (Lipinski definition) is 1. The fourth-order valence-electron chi connectivity index (χ4n) is 1.50. The topological polar surface area (TPSA) is 21.3 Å². The van der Waals surface area contributed by atoms with Gasteiger partial charge in [-0.15, -0.1) is 0 Å². The van der Waals surface area contributed by atoms with E-state index in [0.29, 0.717) is 5.75 Å². The molecule has 0 aliphatic heterocycles. The lowest BCUT2D eigenvalue weighted by molar-refractivity contribution is 0.0815. The third-order valence-electron chi connectivity index (χ3n) is 2.43. The minimum atomic E-state index is -2.44. The predicted octanol–water partition coefficient (Wildman–Crippen LogP) is 3.53. The first kappa shape index (κ1) is 14.9. The second-order valence-corrected chi connectivity index (χ2v) is 5.41. The van der Waals surface area contributed by atoms with Crippen LogP contribution >= 0.6 is 0 Å². The molecule has 2 nitrogen and oxygen atoms in total. The molecule has 0 amide bonds. The summed E-state index contributed by atoms with van der Waals surface area (Å²) in [6.07, 6.45) is -2.44. The number of hydrogen-bond acceptors (Lipinski definition) is 2. The normalized spacial score (nSPS) is 11.9. The van der Waals surface area contributed by atoms with Crippen molar-refractivity contribution in [3.05, 3.63) is 29.3 Å². The largest absolute Gasteiger partial charge is 0.487 e. The maximum absolute atomic E-state index is 12.0. The van der Waals surface area contributed by atoms with Gasteiger partial charge < -0.3 is 10.1 Å². The first-order valence-corrected chi connectivity index (χ1v) is 6.03. The van der Waals surface area contributed by atoms with Crippen molar-refractivity contribution in [2.75, 3.05) is 6.61 Å². The molecule has 1 aromatic carbocycles. The molecular weight excluding hydrogens is 236 g/mol. The lowest BCUT2D eigenvalue weighted by Gasteiger charge is -2.21. The molecule has 0 saturated heterocycles. The summed E-state index contributed by atoms with van der Waals surface area (Å²) in [5, 5.41) is 3.37. The van der Waals surface area contributed by atoms with Crippen molar-refractivity contribution >= 4 is 0 Å². The Kier molecular flexibility index (Phi) is 5.08. The van der Waals surface area contributed by atoms with Gasteiger partial charge >= 0.3 is 0 Å². The Morgan fingerprint density at radius 3 is 2.44 bits per heavy atom. The number of benzene rings is 1. The van der Waals surface area contributed by atoms with Gasteiger partial charge in [-0.3, -0.25) is 0 Å². The van der Waals surface area contributed by atoms with Crippen LogP contribution in [0.2, 0.25) is 0 Å². The molecule has 0 bridgehead atoms. The van der Waals surface area contributed by atoms with Gasteiger partial charge in [-0.05, 0) is 44.9 Å². The Morgan fingerprint density at radius 1 is 1.28 bits per heavy atom. The van der Waals surface area contributed by atoms with Crippen LogP contribution in [0.1, 0.15) is 31.9 Å². The first-order chi connectivity index (χ1) is 8.28. The van der Waals surface area contributed by atoms with Crippen molar-refractivity contribution in [1.82, 2.24) is 5.32 Å². The van der Waals surface area contributed by atoms with E-state index in [1.54, 1.807) is 6.07 Å². The average molecular weight is 257 g/mol. The SMILES string of the molecule is Cc1cc(CNC(C)(C)C)ccc1OCC(F)F. The number of ether oxygens (including phenoxy) is 1. The molecule has 102 valence electrons.